The monoisotopic (exact) mass is 638 g/mol. The van der Waals surface area contributed by atoms with Crippen LogP contribution in [0.3, 0.4) is 0 Å². The summed E-state index contributed by atoms with van der Waals surface area (Å²) in [6.45, 7) is 0. The molecule has 0 spiro atoms. The van der Waals surface area contributed by atoms with Gasteiger partial charge in [0.15, 0.2) is 0 Å². The van der Waals surface area contributed by atoms with Crippen molar-refractivity contribution in [3.8, 4) is 33.5 Å². The lowest BCUT2D eigenvalue weighted by Gasteiger charge is -2.12. The second-order valence-electron chi connectivity index (χ2n) is 12.9. The maximum absolute atomic E-state index is 6.74. The van der Waals surface area contributed by atoms with Gasteiger partial charge in [0.25, 0.3) is 0 Å². The second-order valence-corrected chi connectivity index (χ2v) is 12.9. The molecule has 0 aliphatic rings. The normalized spacial score (nSPS) is 12.0. The van der Waals surface area contributed by atoms with E-state index in [4.69, 9.17) is 18.8 Å². The van der Waals surface area contributed by atoms with Crippen LogP contribution >= 0.6 is 0 Å². The van der Waals surface area contributed by atoms with Crippen molar-refractivity contribution >= 4 is 76.5 Å². The summed E-state index contributed by atoms with van der Waals surface area (Å²) in [5.41, 5.74) is 11.3. The van der Waals surface area contributed by atoms with E-state index in [1.54, 1.807) is 0 Å². The van der Waals surface area contributed by atoms with Gasteiger partial charge in [0.05, 0.1) is 28.3 Å². The second kappa shape index (κ2) is 10.4. The van der Waals surface area contributed by atoms with Crippen LogP contribution in [0, 0.1) is 0 Å². The Morgan fingerprint density at radius 2 is 1.04 bits per heavy atom. The fraction of sp³-hybridized carbons (Fsp3) is 0. The summed E-state index contributed by atoms with van der Waals surface area (Å²) < 4.78 is 13.3. The number of hydrogen-bond donors (Lipinski definition) is 0. The molecule has 232 valence electrons. The van der Waals surface area contributed by atoms with Crippen molar-refractivity contribution in [1.82, 2.24) is 9.97 Å². The predicted octanol–water partition coefficient (Wildman–Crippen LogP) is 12.7. The van der Waals surface area contributed by atoms with Crippen molar-refractivity contribution in [3.05, 3.63) is 158 Å². The summed E-state index contributed by atoms with van der Waals surface area (Å²) in [4.78, 5) is 10.3. The van der Waals surface area contributed by atoms with Crippen molar-refractivity contribution in [3.63, 3.8) is 0 Å². The van der Waals surface area contributed by atoms with E-state index in [-0.39, 0.29) is 0 Å². The van der Waals surface area contributed by atoms with Crippen molar-refractivity contribution in [2.24, 2.45) is 0 Å². The number of benzene rings is 8. The highest BCUT2D eigenvalue weighted by Crippen LogP contribution is 2.44. The van der Waals surface area contributed by atoms with E-state index < -0.39 is 0 Å². The highest BCUT2D eigenvalue weighted by atomic mass is 16.3. The van der Waals surface area contributed by atoms with Crippen LogP contribution in [0.25, 0.3) is 110 Å². The number of aromatic nitrogens is 2. The predicted molar refractivity (Wildman–Crippen MR) is 205 cm³/mol. The van der Waals surface area contributed by atoms with Gasteiger partial charge in [-0.15, -0.1) is 0 Å². The van der Waals surface area contributed by atoms with Gasteiger partial charge in [0.2, 0.25) is 0 Å². The molecule has 11 aromatic rings. The maximum atomic E-state index is 6.74. The standard InChI is InChI=1S/C46H26N2O2/c1-2-11-27(12-3-1)30-24-37(45-38(25-30)42-41(50-45)22-21-36-33-17-8-9-20-40(33)49-46(36)42)28-13-10-14-29(23-28)39-26-47-43-34-18-6-4-15-31(34)32-16-5-7-19-35(32)44(43)48-39/h1-26H. The molecule has 0 N–H and O–H groups in total. The van der Waals surface area contributed by atoms with Gasteiger partial charge in [-0.1, -0.05) is 115 Å². The quantitative estimate of drug-likeness (QED) is 0.181. The molecule has 3 aromatic heterocycles. The van der Waals surface area contributed by atoms with Crippen LogP contribution in [-0.2, 0) is 0 Å². The van der Waals surface area contributed by atoms with Gasteiger partial charge in [0.1, 0.15) is 22.3 Å². The maximum Gasteiger partial charge on any atom is 0.147 e. The third kappa shape index (κ3) is 3.93. The van der Waals surface area contributed by atoms with Crippen LogP contribution < -0.4 is 0 Å². The number of para-hydroxylation sites is 1. The zero-order valence-electron chi connectivity index (χ0n) is 26.7. The fourth-order valence-corrected chi connectivity index (χ4v) is 7.77. The topological polar surface area (TPSA) is 52.1 Å². The summed E-state index contributed by atoms with van der Waals surface area (Å²) in [6.07, 6.45) is 1.90. The first-order valence-electron chi connectivity index (χ1n) is 16.8. The van der Waals surface area contributed by atoms with Crippen LogP contribution in [-0.4, -0.2) is 9.97 Å². The van der Waals surface area contributed by atoms with Crippen LogP contribution in [0.5, 0.6) is 0 Å². The molecule has 0 amide bonds. The minimum atomic E-state index is 0.800. The van der Waals surface area contributed by atoms with Crippen molar-refractivity contribution < 1.29 is 8.83 Å². The number of rotatable bonds is 3. The van der Waals surface area contributed by atoms with E-state index in [9.17, 15) is 0 Å². The van der Waals surface area contributed by atoms with E-state index in [0.717, 1.165) is 99.2 Å². The Balaban J connectivity index is 1.16. The molecular formula is C46H26N2O2. The van der Waals surface area contributed by atoms with Gasteiger partial charge in [-0.3, -0.25) is 4.98 Å². The molecule has 11 rings (SSSR count). The summed E-state index contributed by atoms with van der Waals surface area (Å²) in [6, 6.07) is 52.8. The summed E-state index contributed by atoms with van der Waals surface area (Å²) >= 11 is 0. The Bertz CT molecular complexity index is 3120. The lowest BCUT2D eigenvalue weighted by atomic mass is 9.94. The van der Waals surface area contributed by atoms with E-state index in [0.29, 0.717) is 0 Å². The van der Waals surface area contributed by atoms with Gasteiger partial charge < -0.3 is 8.83 Å². The minimum absolute atomic E-state index is 0.800. The third-order valence-electron chi connectivity index (χ3n) is 10.1. The Kier molecular flexibility index (Phi) is 5.63. The van der Waals surface area contributed by atoms with Gasteiger partial charge in [-0.25, -0.2) is 4.98 Å². The van der Waals surface area contributed by atoms with E-state index in [1.165, 1.54) is 10.8 Å². The molecule has 0 aliphatic heterocycles. The van der Waals surface area contributed by atoms with Crippen LogP contribution in [0.4, 0.5) is 0 Å². The van der Waals surface area contributed by atoms with Gasteiger partial charge in [0, 0.05) is 38.1 Å². The smallest absolute Gasteiger partial charge is 0.147 e. The first-order valence-corrected chi connectivity index (χ1v) is 16.8. The van der Waals surface area contributed by atoms with Crippen LogP contribution in [0.15, 0.2) is 167 Å². The zero-order chi connectivity index (χ0) is 32.8. The molecule has 3 heterocycles. The molecule has 4 nitrogen and oxygen atoms in total. The summed E-state index contributed by atoms with van der Waals surface area (Å²) in [7, 11) is 0. The average Bonchev–Trinajstić information content (AvgIpc) is 3.76. The summed E-state index contributed by atoms with van der Waals surface area (Å²) in [5, 5.41) is 8.77. The molecule has 0 fully saturated rings. The van der Waals surface area contributed by atoms with Crippen LogP contribution in [0.1, 0.15) is 0 Å². The highest BCUT2D eigenvalue weighted by molar-refractivity contribution is 6.24. The molecule has 0 unspecified atom stereocenters. The Labute approximate surface area is 285 Å². The van der Waals surface area contributed by atoms with Crippen molar-refractivity contribution in [2.45, 2.75) is 0 Å². The molecule has 0 aliphatic carbocycles. The van der Waals surface area contributed by atoms with E-state index in [2.05, 4.69) is 133 Å². The SMILES string of the molecule is c1ccc(-c2cc(-c3cccc(-c4cnc5c6ccccc6c6ccccc6c5n4)c3)c3oc4ccc5c6ccccc6oc5c4c3c2)cc1. The first-order chi connectivity index (χ1) is 24.8. The third-order valence-corrected chi connectivity index (χ3v) is 10.1. The van der Waals surface area contributed by atoms with Gasteiger partial charge in [-0.05, 0) is 63.9 Å². The molecular weight excluding hydrogens is 613 g/mol. The van der Waals surface area contributed by atoms with Crippen LogP contribution in [0.2, 0.25) is 0 Å². The largest absolute Gasteiger partial charge is 0.455 e. The number of fused-ring (bicyclic) bond motifs is 13. The first kappa shape index (κ1) is 27.2. The lowest BCUT2D eigenvalue weighted by Crippen LogP contribution is -1.92. The van der Waals surface area contributed by atoms with Crippen molar-refractivity contribution in [1.29, 1.82) is 0 Å². The van der Waals surface area contributed by atoms with E-state index in [1.807, 2.05) is 24.4 Å². The Morgan fingerprint density at radius 3 is 1.86 bits per heavy atom. The number of nitrogens with zero attached hydrogens (tertiary/aromatic N) is 2. The van der Waals surface area contributed by atoms with Gasteiger partial charge in [-0.2, -0.15) is 0 Å². The highest BCUT2D eigenvalue weighted by Gasteiger charge is 2.20. The molecule has 0 atom stereocenters. The molecule has 0 bridgehead atoms. The number of hydrogen-bond acceptors (Lipinski definition) is 4. The zero-order valence-corrected chi connectivity index (χ0v) is 26.7. The summed E-state index contributed by atoms with van der Waals surface area (Å²) in [5.74, 6) is 0. The van der Waals surface area contributed by atoms with Gasteiger partial charge >= 0.3 is 0 Å². The Morgan fingerprint density at radius 1 is 0.380 bits per heavy atom. The Hall–Kier alpha value is -6.78. The minimum Gasteiger partial charge on any atom is -0.455 e. The average molecular weight is 639 g/mol. The van der Waals surface area contributed by atoms with E-state index >= 15 is 0 Å². The van der Waals surface area contributed by atoms with Crippen molar-refractivity contribution in [2.75, 3.05) is 0 Å². The fourth-order valence-electron chi connectivity index (χ4n) is 7.77. The molecule has 4 heteroatoms. The lowest BCUT2D eigenvalue weighted by molar-refractivity contribution is 0.663. The molecule has 50 heavy (non-hydrogen) atoms. The molecule has 0 radical (unpaired) electrons. The number of furan rings is 2. The molecule has 8 aromatic carbocycles. The molecule has 0 saturated carbocycles. The molecule has 0 saturated heterocycles.